The van der Waals surface area contributed by atoms with Crippen molar-refractivity contribution < 1.29 is 13.2 Å². The zero-order valence-corrected chi connectivity index (χ0v) is 17.6. The summed E-state index contributed by atoms with van der Waals surface area (Å²) in [5.41, 5.74) is 3.38. The van der Waals surface area contributed by atoms with Gasteiger partial charge in [-0.15, -0.1) is 0 Å². The summed E-state index contributed by atoms with van der Waals surface area (Å²) < 4.78 is 27.6. The van der Waals surface area contributed by atoms with Crippen LogP contribution in [-0.4, -0.2) is 14.3 Å². The van der Waals surface area contributed by atoms with Crippen molar-refractivity contribution in [2.75, 3.05) is 10.0 Å². The molecule has 0 saturated heterocycles. The Bertz CT molecular complexity index is 1130. The van der Waals surface area contributed by atoms with E-state index in [1.807, 2.05) is 24.3 Å². The molecule has 0 aliphatic rings. The molecule has 0 spiro atoms. The number of nitrogens with one attached hydrogen (secondary N) is 2. The van der Waals surface area contributed by atoms with Crippen LogP contribution in [0.1, 0.15) is 28.4 Å². The Balaban J connectivity index is 1.75. The minimum atomic E-state index is -3.75. The zero-order valence-electron chi connectivity index (χ0n) is 16.1. The van der Waals surface area contributed by atoms with E-state index in [4.69, 9.17) is 11.6 Å². The third kappa shape index (κ3) is 5.16. The number of benzene rings is 3. The molecule has 0 aromatic heterocycles. The molecule has 150 valence electrons. The summed E-state index contributed by atoms with van der Waals surface area (Å²) in [6, 6.07) is 18.4. The number of halogens is 1. The molecule has 29 heavy (non-hydrogen) atoms. The standard InChI is InChI=1S/C22H21ClN2O3S/c1-3-16-4-9-19(10-5-16)24-22(26)17-6-13-21(15(2)14-17)25-29(27,28)20-11-7-18(23)8-12-20/h4-14,25H,3H2,1-2H3,(H,24,26). The molecule has 0 radical (unpaired) electrons. The van der Waals surface area contributed by atoms with Crippen molar-refractivity contribution in [3.05, 3.63) is 88.4 Å². The topological polar surface area (TPSA) is 75.3 Å². The minimum absolute atomic E-state index is 0.110. The first-order valence-electron chi connectivity index (χ1n) is 9.08. The van der Waals surface area contributed by atoms with Gasteiger partial charge in [0.05, 0.1) is 10.6 Å². The molecule has 0 heterocycles. The Labute approximate surface area is 175 Å². The average molecular weight is 429 g/mol. The molecule has 0 unspecified atom stereocenters. The molecular weight excluding hydrogens is 408 g/mol. The SMILES string of the molecule is CCc1ccc(NC(=O)c2ccc(NS(=O)(=O)c3ccc(Cl)cc3)c(C)c2)cc1. The predicted octanol–water partition coefficient (Wildman–Crippen LogP) is 5.26. The highest BCUT2D eigenvalue weighted by atomic mass is 35.5. The van der Waals surface area contributed by atoms with Gasteiger partial charge in [0.1, 0.15) is 0 Å². The van der Waals surface area contributed by atoms with Crippen LogP contribution in [-0.2, 0) is 16.4 Å². The van der Waals surface area contributed by atoms with Gasteiger partial charge in [0.15, 0.2) is 0 Å². The summed E-state index contributed by atoms with van der Waals surface area (Å²) in [4.78, 5) is 12.6. The molecule has 1 amide bonds. The van der Waals surface area contributed by atoms with Gasteiger partial charge in [-0.05, 0) is 79.1 Å². The first kappa shape index (κ1) is 20.9. The maximum absolute atomic E-state index is 12.5. The van der Waals surface area contributed by atoms with Crippen LogP contribution in [0.5, 0.6) is 0 Å². The summed E-state index contributed by atoms with van der Waals surface area (Å²) in [5, 5.41) is 3.30. The lowest BCUT2D eigenvalue weighted by Gasteiger charge is -2.12. The van der Waals surface area contributed by atoms with E-state index in [0.29, 0.717) is 27.5 Å². The Hall–Kier alpha value is -2.83. The Morgan fingerprint density at radius 1 is 0.966 bits per heavy atom. The van der Waals surface area contributed by atoms with Gasteiger partial charge in [-0.1, -0.05) is 30.7 Å². The summed E-state index contributed by atoms with van der Waals surface area (Å²) in [5.74, 6) is -0.260. The second-order valence-electron chi connectivity index (χ2n) is 6.59. The molecule has 0 aliphatic carbocycles. The van der Waals surface area contributed by atoms with E-state index in [1.54, 1.807) is 25.1 Å². The van der Waals surface area contributed by atoms with Crippen LogP contribution in [0.2, 0.25) is 5.02 Å². The number of carbonyl (C=O) groups excluding carboxylic acids is 1. The fraction of sp³-hybridized carbons (Fsp3) is 0.136. The average Bonchev–Trinajstić information content (AvgIpc) is 2.70. The van der Waals surface area contributed by atoms with Crippen LogP contribution in [0, 0.1) is 6.92 Å². The van der Waals surface area contributed by atoms with Crippen LogP contribution in [0.25, 0.3) is 0 Å². The highest BCUT2D eigenvalue weighted by Crippen LogP contribution is 2.22. The number of carbonyl (C=O) groups is 1. The normalized spacial score (nSPS) is 11.1. The highest BCUT2D eigenvalue weighted by molar-refractivity contribution is 7.92. The maximum atomic E-state index is 12.5. The summed E-state index contributed by atoms with van der Waals surface area (Å²) in [6.07, 6.45) is 0.931. The Morgan fingerprint density at radius 3 is 2.21 bits per heavy atom. The number of anilines is 2. The van der Waals surface area contributed by atoms with E-state index < -0.39 is 10.0 Å². The molecule has 3 aromatic rings. The van der Waals surface area contributed by atoms with Crippen LogP contribution in [0.15, 0.2) is 71.6 Å². The molecule has 0 bridgehead atoms. The van der Waals surface area contributed by atoms with E-state index in [1.165, 1.54) is 29.8 Å². The van der Waals surface area contributed by atoms with Crippen LogP contribution >= 0.6 is 11.6 Å². The quantitative estimate of drug-likeness (QED) is 0.562. The smallest absolute Gasteiger partial charge is 0.261 e. The molecular formula is C22H21ClN2O3S. The van der Waals surface area contributed by atoms with E-state index in [2.05, 4.69) is 17.0 Å². The second-order valence-corrected chi connectivity index (χ2v) is 8.71. The lowest BCUT2D eigenvalue weighted by molar-refractivity contribution is 0.102. The van der Waals surface area contributed by atoms with Crippen molar-refractivity contribution in [3.8, 4) is 0 Å². The summed E-state index contributed by atoms with van der Waals surface area (Å²) in [7, 11) is -3.75. The van der Waals surface area contributed by atoms with Gasteiger partial charge >= 0.3 is 0 Å². The molecule has 0 atom stereocenters. The Kier molecular flexibility index (Phi) is 6.25. The first-order valence-corrected chi connectivity index (χ1v) is 10.9. The third-order valence-corrected chi connectivity index (χ3v) is 6.11. The van der Waals surface area contributed by atoms with Gasteiger partial charge < -0.3 is 5.32 Å². The van der Waals surface area contributed by atoms with Gasteiger partial charge in [0.2, 0.25) is 0 Å². The van der Waals surface area contributed by atoms with Crippen molar-refractivity contribution in [2.24, 2.45) is 0 Å². The lowest BCUT2D eigenvalue weighted by atomic mass is 10.1. The molecule has 0 saturated carbocycles. The van der Waals surface area contributed by atoms with Crippen LogP contribution in [0.4, 0.5) is 11.4 Å². The monoisotopic (exact) mass is 428 g/mol. The second kappa shape index (κ2) is 8.68. The number of hydrogen-bond donors (Lipinski definition) is 2. The zero-order chi connectivity index (χ0) is 21.0. The maximum Gasteiger partial charge on any atom is 0.261 e. The van der Waals surface area contributed by atoms with Gasteiger partial charge in [-0.2, -0.15) is 0 Å². The summed E-state index contributed by atoms with van der Waals surface area (Å²) >= 11 is 5.81. The van der Waals surface area contributed by atoms with E-state index in [-0.39, 0.29) is 10.8 Å². The van der Waals surface area contributed by atoms with Crippen molar-refractivity contribution in [1.82, 2.24) is 0 Å². The fourth-order valence-electron chi connectivity index (χ4n) is 2.76. The summed E-state index contributed by atoms with van der Waals surface area (Å²) in [6.45, 7) is 3.81. The van der Waals surface area contributed by atoms with Crippen molar-refractivity contribution >= 4 is 38.9 Å². The van der Waals surface area contributed by atoms with Crippen molar-refractivity contribution in [1.29, 1.82) is 0 Å². The molecule has 3 rings (SSSR count). The lowest BCUT2D eigenvalue weighted by Crippen LogP contribution is -2.15. The molecule has 2 N–H and O–H groups in total. The molecule has 0 aliphatic heterocycles. The fourth-order valence-corrected chi connectivity index (χ4v) is 4.02. The van der Waals surface area contributed by atoms with Crippen LogP contribution in [0.3, 0.4) is 0 Å². The highest BCUT2D eigenvalue weighted by Gasteiger charge is 2.16. The van der Waals surface area contributed by atoms with E-state index in [9.17, 15) is 13.2 Å². The number of hydrogen-bond acceptors (Lipinski definition) is 3. The molecule has 0 fully saturated rings. The first-order chi connectivity index (χ1) is 13.8. The van der Waals surface area contributed by atoms with Gasteiger partial charge in [-0.3, -0.25) is 9.52 Å². The third-order valence-electron chi connectivity index (χ3n) is 4.48. The van der Waals surface area contributed by atoms with Crippen molar-refractivity contribution in [3.63, 3.8) is 0 Å². The number of sulfonamides is 1. The van der Waals surface area contributed by atoms with Gasteiger partial charge in [0.25, 0.3) is 15.9 Å². The minimum Gasteiger partial charge on any atom is -0.322 e. The van der Waals surface area contributed by atoms with Gasteiger partial charge in [0, 0.05) is 16.3 Å². The van der Waals surface area contributed by atoms with Crippen molar-refractivity contribution in [2.45, 2.75) is 25.2 Å². The predicted molar refractivity (Wildman–Crippen MR) is 117 cm³/mol. The van der Waals surface area contributed by atoms with Gasteiger partial charge in [-0.25, -0.2) is 8.42 Å². The van der Waals surface area contributed by atoms with E-state index >= 15 is 0 Å². The number of aryl methyl sites for hydroxylation is 2. The molecule has 3 aromatic carbocycles. The number of rotatable bonds is 6. The number of amides is 1. The van der Waals surface area contributed by atoms with E-state index in [0.717, 1.165) is 6.42 Å². The largest absolute Gasteiger partial charge is 0.322 e. The Morgan fingerprint density at radius 2 is 1.62 bits per heavy atom. The molecule has 7 heteroatoms. The van der Waals surface area contributed by atoms with Crippen LogP contribution < -0.4 is 10.0 Å². The molecule has 5 nitrogen and oxygen atoms in total.